The van der Waals surface area contributed by atoms with Crippen LogP contribution in [0.1, 0.15) is 0 Å². The summed E-state index contributed by atoms with van der Waals surface area (Å²) in [7, 11) is 0. The van der Waals surface area contributed by atoms with Gasteiger partial charge in [0.2, 0.25) is 0 Å². The summed E-state index contributed by atoms with van der Waals surface area (Å²) >= 11 is 6.87. The van der Waals surface area contributed by atoms with Crippen LogP contribution < -0.4 is 0 Å². The third-order valence-corrected chi connectivity index (χ3v) is 2.58. The van der Waals surface area contributed by atoms with Crippen molar-refractivity contribution in [3.05, 3.63) is 34.8 Å². The summed E-state index contributed by atoms with van der Waals surface area (Å²) in [5.74, 6) is -0.519. The zero-order valence-electron chi connectivity index (χ0n) is 6.37. The Morgan fingerprint density at radius 3 is 2.85 bits per heavy atom. The molecular weight excluding hydrogens is 211 g/mol. The van der Waals surface area contributed by atoms with E-state index < -0.39 is 5.82 Å². The molecule has 0 saturated carbocycles. The third-order valence-electron chi connectivity index (χ3n) is 1.48. The molecule has 66 valence electrons. The van der Waals surface area contributed by atoms with E-state index in [1.165, 1.54) is 23.6 Å². The van der Waals surface area contributed by atoms with E-state index in [1.54, 1.807) is 6.20 Å². The average Bonchev–Trinajstić information content (AvgIpc) is 2.62. The van der Waals surface area contributed by atoms with Gasteiger partial charge >= 0.3 is 0 Å². The highest BCUT2D eigenvalue weighted by Gasteiger charge is 2.05. The van der Waals surface area contributed by atoms with Crippen LogP contribution in [-0.2, 0) is 0 Å². The molecule has 0 fully saturated rings. The van der Waals surface area contributed by atoms with Gasteiger partial charge in [0, 0.05) is 23.3 Å². The molecule has 0 aliphatic rings. The van der Waals surface area contributed by atoms with Gasteiger partial charge in [-0.15, -0.1) is 11.3 Å². The fraction of sp³-hybridized carbons (Fsp3) is 0. The maximum atomic E-state index is 13.0. The first-order chi connectivity index (χ1) is 6.27. The first-order valence-corrected chi connectivity index (χ1v) is 4.74. The minimum absolute atomic E-state index is 0.111. The topological polar surface area (TPSA) is 25.8 Å². The second kappa shape index (κ2) is 3.40. The SMILES string of the molecule is Fc1cc(-c2nccs2)cnc1Cl. The molecule has 2 aromatic rings. The zero-order chi connectivity index (χ0) is 9.26. The van der Waals surface area contributed by atoms with E-state index in [4.69, 9.17) is 11.6 Å². The van der Waals surface area contributed by atoms with E-state index in [-0.39, 0.29) is 5.15 Å². The van der Waals surface area contributed by atoms with Crippen molar-refractivity contribution in [2.24, 2.45) is 0 Å². The van der Waals surface area contributed by atoms with Crippen LogP contribution >= 0.6 is 22.9 Å². The molecule has 2 rings (SSSR count). The van der Waals surface area contributed by atoms with Crippen LogP contribution in [0.25, 0.3) is 10.6 Å². The minimum Gasteiger partial charge on any atom is -0.244 e. The van der Waals surface area contributed by atoms with Crippen LogP contribution in [0, 0.1) is 5.82 Å². The lowest BCUT2D eigenvalue weighted by molar-refractivity contribution is 0.622. The molecule has 0 N–H and O–H groups in total. The van der Waals surface area contributed by atoms with Crippen LogP contribution in [0.5, 0.6) is 0 Å². The molecule has 0 amide bonds. The van der Waals surface area contributed by atoms with Crippen molar-refractivity contribution in [2.75, 3.05) is 0 Å². The molecular formula is C8H4ClFN2S. The molecule has 0 atom stereocenters. The van der Waals surface area contributed by atoms with Crippen LogP contribution in [0.2, 0.25) is 5.15 Å². The lowest BCUT2D eigenvalue weighted by atomic mass is 10.3. The number of rotatable bonds is 1. The Bertz CT molecular complexity index is 416. The van der Waals surface area contributed by atoms with E-state index in [2.05, 4.69) is 9.97 Å². The van der Waals surface area contributed by atoms with Crippen molar-refractivity contribution in [3.63, 3.8) is 0 Å². The van der Waals surface area contributed by atoms with E-state index in [0.29, 0.717) is 5.56 Å². The molecule has 2 heterocycles. The highest BCUT2D eigenvalue weighted by atomic mass is 35.5. The molecule has 0 aliphatic carbocycles. The Labute approximate surface area is 83.0 Å². The predicted molar refractivity (Wildman–Crippen MR) is 50.3 cm³/mol. The summed E-state index contributed by atoms with van der Waals surface area (Å²) in [4.78, 5) is 7.72. The smallest absolute Gasteiger partial charge is 0.164 e. The molecule has 0 radical (unpaired) electrons. The van der Waals surface area contributed by atoms with E-state index >= 15 is 0 Å². The molecule has 0 spiro atoms. The number of halogens is 2. The van der Waals surface area contributed by atoms with Gasteiger partial charge in [0.05, 0.1) is 0 Å². The summed E-state index contributed by atoms with van der Waals surface area (Å²) in [5.41, 5.74) is 0.650. The summed E-state index contributed by atoms with van der Waals surface area (Å²) in [6, 6.07) is 1.33. The average molecular weight is 215 g/mol. The van der Waals surface area contributed by atoms with Gasteiger partial charge in [-0.25, -0.2) is 14.4 Å². The van der Waals surface area contributed by atoms with Crippen molar-refractivity contribution in [1.82, 2.24) is 9.97 Å². The van der Waals surface area contributed by atoms with Gasteiger partial charge < -0.3 is 0 Å². The van der Waals surface area contributed by atoms with Crippen LogP contribution in [-0.4, -0.2) is 9.97 Å². The minimum atomic E-state index is -0.519. The molecule has 0 aromatic carbocycles. The number of hydrogen-bond donors (Lipinski definition) is 0. The zero-order valence-corrected chi connectivity index (χ0v) is 7.94. The van der Waals surface area contributed by atoms with E-state index in [1.807, 2.05) is 5.38 Å². The summed E-state index contributed by atoms with van der Waals surface area (Å²) in [5, 5.41) is 2.45. The van der Waals surface area contributed by atoms with Gasteiger partial charge in [-0.05, 0) is 6.07 Å². The molecule has 0 aliphatic heterocycles. The second-order valence-corrected chi connectivity index (χ2v) is 3.59. The monoisotopic (exact) mass is 214 g/mol. The summed E-state index contributed by atoms with van der Waals surface area (Å²) in [6.07, 6.45) is 3.16. The normalized spacial score (nSPS) is 10.3. The van der Waals surface area contributed by atoms with Crippen molar-refractivity contribution in [1.29, 1.82) is 0 Å². The van der Waals surface area contributed by atoms with E-state index in [0.717, 1.165) is 5.01 Å². The van der Waals surface area contributed by atoms with Crippen molar-refractivity contribution in [3.8, 4) is 10.6 Å². The molecule has 0 unspecified atom stereocenters. The van der Waals surface area contributed by atoms with Crippen LogP contribution in [0.3, 0.4) is 0 Å². The van der Waals surface area contributed by atoms with Gasteiger partial charge in [-0.3, -0.25) is 0 Å². The number of hydrogen-bond acceptors (Lipinski definition) is 3. The maximum absolute atomic E-state index is 13.0. The Balaban J connectivity index is 2.49. The Kier molecular flexibility index (Phi) is 2.24. The van der Waals surface area contributed by atoms with Gasteiger partial charge in [0.25, 0.3) is 0 Å². The first kappa shape index (κ1) is 8.59. The standard InChI is InChI=1S/C8H4ClFN2S/c9-7-6(10)3-5(4-12-7)8-11-1-2-13-8/h1-4H. The highest BCUT2D eigenvalue weighted by molar-refractivity contribution is 7.13. The first-order valence-electron chi connectivity index (χ1n) is 3.48. The van der Waals surface area contributed by atoms with Crippen LogP contribution in [0.4, 0.5) is 4.39 Å². The van der Waals surface area contributed by atoms with Gasteiger partial charge in [0.15, 0.2) is 11.0 Å². The van der Waals surface area contributed by atoms with E-state index in [9.17, 15) is 4.39 Å². The molecule has 0 bridgehead atoms. The third kappa shape index (κ3) is 1.68. The quantitative estimate of drug-likeness (QED) is 0.682. The second-order valence-electron chi connectivity index (χ2n) is 2.33. The fourth-order valence-corrected chi connectivity index (χ4v) is 1.63. The predicted octanol–water partition coefficient (Wildman–Crippen LogP) is 3.00. The molecule has 2 aromatic heterocycles. The van der Waals surface area contributed by atoms with Gasteiger partial charge in [-0.1, -0.05) is 11.6 Å². The molecule has 13 heavy (non-hydrogen) atoms. The van der Waals surface area contributed by atoms with Gasteiger partial charge in [0.1, 0.15) is 5.01 Å². The molecule has 2 nitrogen and oxygen atoms in total. The number of pyridine rings is 1. The lowest BCUT2D eigenvalue weighted by Crippen LogP contribution is -1.84. The summed E-state index contributed by atoms with van der Waals surface area (Å²) < 4.78 is 13.0. The number of thiazole rings is 1. The maximum Gasteiger partial charge on any atom is 0.164 e. The van der Waals surface area contributed by atoms with Crippen molar-refractivity contribution >= 4 is 22.9 Å². The lowest BCUT2D eigenvalue weighted by Gasteiger charge is -1.96. The Hall–Kier alpha value is -1.00. The fourth-order valence-electron chi connectivity index (χ4n) is 0.904. The summed E-state index contributed by atoms with van der Waals surface area (Å²) in [6.45, 7) is 0. The molecule has 5 heteroatoms. The highest BCUT2D eigenvalue weighted by Crippen LogP contribution is 2.23. The van der Waals surface area contributed by atoms with Gasteiger partial charge in [-0.2, -0.15) is 0 Å². The van der Waals surface area contributed by atoms with Crippen LogP contribution in [0.15, 0.2) is 23.8 Å². The Morgan fingerprint density at radius 2 is 2.23 bits per heavy atom. The molecule has 0 saturated heterocycles. The van der Waals surface area contributed by atoms with Crippen molar-refractivity contribution < 1.29 is 4.39 Å². The Morgan fingerprint density at radius 1 is 1.38 bits per heavy atom. The number of nitrogens with zero attached hydrogens (tertiary/aromatic N) is 2. The largest absolute Gasteiger partial charge is 0.244 e. The van der Waals surface area contributed by atoms with Crippen molar-refractivity contribution in [2.45, 2.75) is 0 Å². The number of aromatic nitrogens is 2.